The van der Waals surface area contributed by atoms with E-state index >= 15 is 0 Å². The van der Waals surface area contributed by atoms with Gasteiger partial charge in [0, 0.05) is 18.3 Å². The molecule has 0 aliphatic carbocycles. The minimum atomic E-state index is 0.248. The number of nitrogens with zero attached hydrogens (tertiary/aromatic N) is 1. The van der Waals surface area contributed by atoms with Crippen LogP contribution in [0.4, 0.5) is 5.69 Å². The van der Waals surface area contributed by atoms with Crippen molar-refractivity contribution in [2.45, 2.75) is 19.3 Å². The number of anilines is 1. The van der Waals surface area contributed by atoms with Crippen molar-refractivity contribution < 1.29 is 5.11 Å². The van der Waals surface area contributed by atoms with Gasteiger partial charge in [0.25, 0.3) is 0 Å². The zero-order chi connectivity index (χ0) is 10.7. The third-order valence-electron chi connectivity index (χ3n) is 3.03. The molecule has 0 bridgehead atoms. The maximum absolute atomic E-state index is 9.23. The molecule has 1 aliphatic heterocycles. The number of hydrogen-bond donors (Lipinski definition) is 2. The predicted molar refractivity (Wildman–Crippen MR) is 61.9 cm³/mol. The summed E-state index contributed by atoms with van der Waals surface area (Å²) in [4.78, 5) is 2.46. The van der Waals surface area contributed by atoms with Crippen LogP contribution in [-0.2, 0) is 6.42 Å². The smallest absolute Gasteiger partial charge is 0.117 e. The van der Waals surface area contributed by atoms with Gasteiger partial charge in [0.15, 0.2) is 0 Å². The van der Waals surface area contributed by atoms with Gasteiger partial charge in [-0.25, -0.2) is 0 Å². The molecule has 1 heterocycles. The van der Waals surface area contributed by atoms with Crippen LogP contribution in [-0.4, -0.2) is 29.6 Å². The minimum Gasteiger partial charge on any atom is -0.508 e. The van der Waals surface area contributed by atoms with Crippen molar-refractivity contribution in [3.63, 3.8) is 0 Å². The predicted octanol–water partition coefficient (Wildman–Crippen LogP) is 1.61. The molecule has 3 heteroatoms. The lowest BCUT2D eigenvalue weighted by Crippen LogP contribution is -2.22. The van der Waals surface area contributed by atoms with Gasteiger partial charge in [-0.15, -0.1) is 0 Å². The van der Waals surface area contributed by atoms with Crippen molar-refractivity contribution in [2.75, 3.05) is 25.4 Å². The van der Waals surface area contributed by atoms with E-state index in [1.807, 2.05) is 6.07 Å². The van der Waals surface area contributed by atoms with Crippen molar-refractivity contribution >= 4 is 5.69 Å². The average Bonchev–Trinajstić information content (AvgIpc) is 2.69. The lowest BCUT2D eigenvalue weighted by molar-refractivity contribution is 0.343. The molecule has 0 saturated carbocycles. The highest BCUT2D eigenvalue weighted by Crippen LogP contribution is 2.19. The van der Waals surface area contributed by atoms with Crippen LogP contribution in [0.3, 0.4) is 0 Å². The second-order valence-corrected chi connectivity index (χ2v) is 4.18. The summed E-state index contributed by atoms with van der Waals surface area (Å²) in [6, 6.07) is 5.25. The van der Waals surface area contributed by atoms with Crippen LogP contribution in [0.5, 0.6) is 5.75 Å². The highest BCUT2D eigenvalue weighted by atomic mass is 16.3. The SMILES string of the molecule is Nc1cc(O)ccc1CCN1CCCC1. The Morgan fingerprint density at radius 2 is 2.00 bits per heavy atom. The summed E-state index contributed by atoms with van der Waals surface area (Å²) in [5.74, 6) is 0.248. The topological polar surface area (TPSA) is 49.5 Å². The van der Waals surface area contributed by atoms with E-state index in [0.29, 0.717) is 5.69 Å². The van der Waals surface area contributed by atoms with Gasteiger partial charge in [-0.2, -0.15) is 0 Å². The van der Waals surface area contributed by atoms with Crippen LogP contribution >= 0.6 is 0 Å². The minimum absolute atomic E-state index is 0.248. The highest BCUT2D eigenvalue weighted by molar-refractivity contribution is 5.51. The van der Waals surface area contributed by atoms with Crippen LogP contribution in [0, 0.1) is 0 Å². The third-order valence-corrected chi connectivity index (χ3v) is 3.03. The average molecular weight is 206 g/mol. The van der Waals surface area contributed by atoms with Gasteiger partial charge in [-0.3, -0.25) is 0 Å². The Hall–Kier alpha value is -1.22. The first-order chi connectivity index (χ1) is 7.25. The number of benzene rings is 1. The zero-order valence-electron chi connectivity index (χ0n) is 8.95. The molecular formula is C12H18N2O. The number of likely N-dealkylation sites (tertiary alicyclic amines) is 1. The molecule has 1 fully saturated rings. The van der Waals surface area contributed by atoms with Gasteiger partial charge in [0.2, 0.25) is 0 Å². The van der Waals surface area contributed by atoms with Crippen LogP contribution in [0.1, 0.15) is 18.4 Å². The molecular weight excluding hydrogens is 188 g/mol. The molecule has 0 radical (unpaired) electrons. The van der Waals surface area contributed by atoms with Gasteiger partial charge in [-0.1, -0.05) is 6.07 Å². The molecule has 1 aromatic rings. The van der Waals surface area contributed by atoms with E-state index < -0.39 is 0 Å². The Bertz CT molecular complexity index is 332. The molecule has 0 atom stereocenters. The van der Waals surface area contributed by atoms with Crippen LogP contribution < -0.4 is 5.73 Å². The Morgan fingerprint density at radius 1 is 1.27 bits per heavy atom. The van der Waals surface area contributed by atoms with E-state index in [2.05, 4.69) is 4.90 Å². The number of nitrogens with two attached hydrogens (primary N) is 1. The van der Waals surface area contributed by atoms with E-state index in [4.69, 9.17) is 5.73 Å². The number of phenolic OH excluding ortho intramolecular Hbond substituents is 1. The van der Waals surface area contributed by atoms with Crippen LogP contribution in [0.2, 0.25) is 0 Å². The number of hydrogen-bond acceptors (Lipinski definition) is 3. The third kappa shape index (κ3) is 2.63. The van der Waals surface area contributed by atoms with Crippen molar-refractivity contribution in [1.29, 1.82) is 0 Å². The fraction of sp³-hybridized carbons (Fsp3) is 0.500. The second-order valence-electron chi connectivity index (χ2n) is 4.18. The van der Waals surface area contributed by atoms with Crippen molar-refractivity contribution in [3.05, 3.63) is 23.8 Å². The summed E-state index contributed by atoms with van der Waals surface area (Å²) in [5, 5.41) is 9.23. The van der Waals surface area contributed by atoms with Gasteiger partial charge in [-0.05, 0) is 44.0 Å². The van der Waals surface area contributed by atoms with Crippen LogP contribution in [0.25, 0.3) is 0 Å². The monoisotopic (exact) mass is 206 g/mol. The molecule has 0 unspecified atom stereocenters. The lowest BCUT2D eigenvalue weighted by atomic mass is 10.1. The lowest BCUT2D eigenvalue weighted by Gasteiger charge is -2.15. The van der Waals surface area contributed by atoms with E-state index in [0.717, 1.165) is 18.5 Å². The van der Waals surface area contributed by atoms with E-state index in [1.165, 1.54) is 25.9 Å². The Labute approximate surface area is 90.5 Å². The normalized spacial score (nSPS) is 17.1. The van der Waals surface area contributed by atoms with Gasteiger partial charge in [0.05, 0.1) is 0 Å². The number of rotatable bonds is 3. The number of phenols is 1. The molecule has 3 N–H and O–H groups in total. The van der Waals surface area contributed by atoms with Gasteiger partial charge in [0.1, 0.15) is 5.75 Å². The first kappa shape index (κ1) is 10.3. The largest absolute Gasteiger partial charge is 0.508 e. The van der Waals surface area contributed by atoms with Gasteiger partial charge >= 0.3 is 0 Å². The van der Waals surface area contributed by atoms with E-state index in [9.17, 15) is 5.11 Å². The van der Waals surface area contributed by atoms with E-state index in [1.54, 1.807) is 12.1 Å². The van der Waals surface area contributed by atoms with Crippen LogP contribution in [0.15, 0.2) is 18.2 Å². The van der Waals surface area contributed by atoms with E-state index in [-0.39, 0.29) is 5.75 Å². The van der Waals surface area contributed by atoms with Crippen molar-refractivity contribution in [1.82, 2.24) is 4.90 Å². The molecule has 15 heavy (non-hydrogen) atoms. The summed E-state index contributed by atoms with van der Waals surface area (Å²) in [7, 11) is 0. The summed E-state index contributed by atoms with van der Waals surface area (Å²) >= 11 is 0. The standard InChI is InChI=1S/C12H18N2O/c13-12-9-11(15)4-3-10(12)5-8-14-6-1-2-7-14/h3-4,9,15H,1-2,5-8,13H2. The summed E-state index contributed by atoms with van der Waals surface area (Å²) in [6.45, 7) is 3.52. The highest BCUT2D eigenvalue weighted by Gasteiger charge is 2.11. The Kier molecular flexibility index (Phi) is 3.11. The fourth-order valence-corrected chi connectivity index (χ4v) is 2.09. The summed E-state index contributed by atoms with van der Waals surface area (Å²) < 4.78 is 0. The van der Waals surface area contributed by atoms with Crippen molar-refractivity contribution in [3.8, 4) is 5.75 Å². The first-order valence-electron chi connectivity index (χ1n) is 5.55. The Morgan fingerprint density at radius 3 is 2.67 bits per heavy atom. The molecule has 1 saturated heterocycles. The number of nitrogen functional groups attached to an aromatic ring is 1. The second kappa shape index (κ2) is 4.53. The molecule has 0 amide bonds. The Balaban J connectivity index is 1.92. The molecule has 1 aromatic carbocycles. The first-order valence-corrected chi connectivity index (χ1v) is 5.55. The maximum Gasteiger partial charge on any atom is 0.117 e. The number of aromatic hydroxyl groups is 1. The summed E-state index contributed by atoms with van der Waals surface area (Å²) in [5.41, 5.74) is 7.67. The van der Waals surface area contributed by atoms with Crippen molar-refractivity contribution in [2.24, 2.45) is 0 Å². The zero-order valence-corrected chi connectivity index (χ0v) is 8.95. The molecule has 1 aliphatic rings. The molecule has 0 aromatic heterocycles. The van der Waals surface area contributed by atoms with Gasteiger partial charge < -0.3 is 15.7 Å². The maximum atomic E-state index is 9.23. The fourth-order valence-electron chi connectivity index (χ4n) is 2.09. The molecule has 0 spiro atoms. The summed E-state index contributed by atoms with van der Waals surface area (Å²) in [6.07, 6.45) is 3.63. The quantitative estimate of drug-likeness (QED) is 0.739. The molecule has 82 valence electrons. The molecule has 2 rings (SSSR count). The molecule has 3 nitrogen and oxygen atoms in total.